The Morgan fingerprint density at radius 1 is 1.32 bits per heavy atom. The lowest BCUT2D eigenvalue weighted by atomic mass is 9.74. The normalized spacial score (nSPS) is 19.4. The van der Waals surface area contributed by atoms with Crippen LogP contribution in [0, 0.1) is 12.3 Å². The first-order valence-electron chi connectivity index (χ1n) is 8.64. The molecular weight excluding hydrogens is 316 g/mol. The number of carbonyl (C=O) groups is 1. The van der Waals surface area contributed by atoms with Gasteiger partial charge in [-0.25, -0.2) is 15.0 Å². The van der Waals surface area contributed by atoms with E-state index < -0.39 is 0 Å². The quantitative estimate of drug-likeness (QED) is 0.903. The van der Waals surface area contributed by atoms with Gasteiger partial charge in [-0.3, -0.25) is 4.79 Å². The third-order valence-corrected chi connectivity index (χ3v) is 4.61. The van der Waals surface area contributed by atoms with Crippen molar-refractivity contribution in [1.29, 1.82) is 0 Å². The number of fused-ring (bicyclic) bond motifs is 1. The van der Waals surface area contributed by atoms with E-state index in [9.17, 15) is 4.79 Å². The Balaban J connectivity index is 1.94. The van der Waals surface area contributed by atoms with Gasteiger partial charge in [-0.1, -0.05) is 34.6 Å². The van der Waals surface area contributed by atoms with Crippen molar-refractivity contribution in [3.8, 4) is 0 Å². The van der Waals surface area contributed by atoms with Gasteiger partial charge in [-0.05, 0) is 25.2 Å². The molecule has 0 fully saturated rings. The van der Waals surface area contributed by atoms with E-state index in [4.69, 9.17) is 9.40 Å². The van der Waals surface area contributed by atoms with Crippen molar-refractivity contribution >= 4 is 5.91 Å². The maximum atomic E-state index is 12.6. The second-order valence-corrected chi connectivity index (χ2v) is 8.68. The molecule has 1 aliphatic rings. The zero-order valence-corrected chi connectivity index (χ0v) is 15.8. The fourth-order valence-electron chi connectivity index (χ4n) is 3.28. The van der Waals surface area contributed by atoms with Crippen LogP contribution in [0.2, 0.25) is 0 Å². The summed E-state index contributed by atoms with van der Waals surface area (Å²) in [5, 5.41) is 3.08. The molecular formula is C19H26N4O2. The van der Waals surface area contributed by atoms with Crippen LogP contribution in [-0.2, 0) is 11.8 Å². The summed E-state index contributed by atoms with van der Waals surface area (Å²) in [7, 11) is 0. The van der Waals surface area contributed by atoms with Crippen molar-refractivity contribution in [2.24, 2.45) is 5.41 Å². The highest BCUT2D eigenvalue weighted by Gasteiger charge is 2.36. The molecule has 6 heteroatoms. The zero-order valence-electron chi connectivity index (χ0n) is 15.8. The van der Waals surface area contributed by atoms with Crippen LogP contribution < -0.4 is 5.32 Å². The van der Waals surface area contributed by atoms with Crippen molar-refractivity contribution in [1.82, 2.24) is 20.3 Å². The van der Waals surface area contributed by atoms with Gasteiger partial charge in [0.15, 0.2) is 6.39 Å². The maximum Gasteiger partial charge on any atom is 0.289 e. The van der Waals surface area contributed by atoms with Crippen molar-refractivity contribution in [2.45, 2.75) is 65.8 Å². The lowest BCUT2D eigenvalue weighted by molar-refractivity contribution is 0.0889. The summed E-state index contributed by atoms with van der Waals surface area (Å²) in [5.74, 6) is 0.848. The summed E-state index contributed by atoms with van der Waals surface area (Å²) in [6, 6.07) is -0.134. The van der Waals surface area contributed by atoms with E-state index in [-0.39, 0.29) is 28.5 Å². The standard InChI is InChI=1S/C19H26N4O2/c1-11-15(25-10-21-11)16(24)22-13-7-19(5,6)8-14-12(13)9-20-17(23-14)18(2,3)4/h9-10,13H,7-8H2,1-6H3,(H,22,24)/t13-/m0/s1. The molecule has 0 bridgehead atoms. The molecule has 134 valence electrons. The average molecular weight is 342 g/mol. The number of carbonyl (C=O) groups excluding carboxylic acids is 1. The number of amides is 1. The first-order valence-corrected chi connectivity index (χ1v) is 8.64. The Hall–Kier alpha value is -2.24. The first kappa shape index (κ1) is 17.6. The first-order chi connectivity index (χ1) is 11.6. The monoisotopic (exact) mass is 342 g/mol. The number of aromatic nitrogens is 3. The Labute approximate surface area is 148 Å². The minimum absolute atomic E-state index is 0.0465. The highest BCUT2D eigenvalue weighted by atomic mass is 16.3. The average Bonchev–Trinajstić information content (AvgIpc) is 2.90. The van der Waals surface area contributed by atoms with E-state index in [1.165, 1.54) is 6.39 Å². The van der Waals surface area contributed by atoms with E-state index in [1.54, 1.807) is 6.92 Å². The molecule has 2 aromatic rings. The highest BCUT2D eigenvalue weighted by molar-refractivity contribution is 5.92. The highest BCUT2D eigenvalue weighted by Crippen LogP contribution is 2.40. The molecule has 0 saturated carbocycles. The summed E-state index contributed by atoms with van der Waals surface area (Å²) >= 11 is 0. The molecule has 3 rings (SSSR count). The number of hydrogen-bond donors (Lipinski definition) is 1. The van der Waals surface area contributed by atoms with Gasteiger partial charge < -0.3 is 9.73 Å². The minimum Gasteiger partial charge on any atom is -0.438 e. The molecule has 0 saturated heterocycles. The molecule has 1 aliphatic carbocycles. The molecule has 1 amide bonds. The molecule has 0 spiro atoms. The van der Waals surface area contributed by atoms with Crippen molar-refractivity contribution < 1.29 is 9.21 Å². The van der Waals surface area contributed by atoms with Crippen LogP contribution >= 0.6 is 0 Å². The molecule has 0 unspecified atom stereocenters. The number of hydrogen-bond acceptors (Lipinski definition) is 5. The largest absolute Gasteiger partial charge is 0.438 e. The summed E-state index contributed by atoms with van der Waals surface area (Å²) < 4.78 is 5.22. The van der Waals surface area contributed by atoms with Gasteiger partial charge >= 0.3 is 0 Å². The molecule has 1 N–H and O–H groups in total. The predicted molar refractivity (Wildman–Crippen MR) is 94.3 cm³/mol. The Bertz CT molecular complexity index is 802. The summed E-state index contributed by atoms with van der Waals surface area (Å²) in [4.78, 5) is 25.9. The molecule has 0 aliphatic heterocycles. The van der Waals surface area contributed by atoms with Crippen molar-refractivity contribution in [2.75, 3.05) is 0 Å². The second-order valence-electron chi connectivity index (χ2n) is 8.68. The van der Waals surface area contributed by atoms with Gasteiger partial charge in [0.05, 0.1) is 11.7 Å². The van der Waals surface area contributed by atoms with Crippen LogP contribution in [0.4, 0.5) is 0 Å². The number of rotatable bonds is 2. The molecule has 0 radical (unpaired) electrons. The molecule has 25 heavy (non-hydrogen) atoms. The van der Waals surface area contributed by atoms with E-state index in [0.717, 1.165) is 29.9 Å². The Morgan fingerprint density at radius 2 is 2.04 bits per heavy atom. The van der Waals surface area contributed by atoms with Crippen LogP contribution in [0.25, 0.3) is 0 Å². The molecule has 1 atom stereocenters. The summed E-state index contributed by atoms with van der Waals surface area (Å²) in [6.07, 6.45) is 4.87. The third-order valence-electron chi connectivity index (χ3n) is 4.61. The van der Waals surface area contributed by atoms with Crippen LogP contribution in [0.5, 0.6) is 0 Å². The minimum atomic E-state index is -0.247. The van der Waals surface area contributed by atoms with Crippen molar-refractivity contribution in [3.63, 3.8) is 0 Å². The zero-order chi connectivity index (χ0) is 18.4. The van der Waals surface area contributed by atoms with E-state index >= 15 is 0 Å². The Kier molecular flexibility index (Phi) is 4.17. The van der Waals surface area contributed by atoms with Gasteiger partial charge in [0.1, 0.15) is 5.82 Å². The third kappa shape index (κ3) is 3.57. The van der Waals surface area contributed by atoms with Gasteiger partial charge in [-0.15, -0.1) is 0 Å². The van der Waals surface area contributed by atoms with E-state index in [0.29, 0.717) is 5.69 Å². The topological polar surface area (TPSA) is 80.9 Å². The number of nitrogens with one attached hydrogen (secondary N) is 1. The molecule has 2 aromatic heterocycles. The van der Waals surface area contributed by atoms with E-state index in [2.05, 4.69) is 49.9 Å². The maximum absolute atomic E-state index is 12.6. The van der Waals surface area contributed by atoms with Crippen LogP contribution in [0.1, 0.15) is 80.4 Å². The number of aryl methyl sites for hydroxylation is 1. The van der Waals surface area contributed by atoms with E-state index in [1.807, 2.05) is 6.20 Å². The second kappa shape index (κ2) is 5.93. The SMILES string of the molecule is Cc1ncoc1C(=O)N[C@H]1CC(C)(C)Cc2nc(C(C)(C)C)ncc21. The summed E-state index contributed by atoms with van der Waals surface area (Å²) in [5.41, 5.74) is 2.55. The molecule has 2 heterocycles. The number of nitrogens with zero attached hydrogens (tertiary/aromatic N) is 3. The molecule has 0 aromatic carbocycles. The van der Waals surface area contributed by atoms with Crippen molar-refractivity contribution in [3.05, 3.63) is 41.1 Å². The fourth-order valence-corrected chi connectivity index (χ4v) is 3.28. The Morgan fingerprint density at radius 3 is 2.64 bits per heavy atom. The lowest BCUT2D eigenvalue weighted by Gasteiger charge is -2.37. The van der Waals surface area contributed by atoms with Gasteiger partial charge in [0.2, 0.25) is 5.76 Å². The van der Waals surface area contributed by atoms with Crippen LogP contribution in [0.15, 0.2) is 17.0 Å². The van der Waals surface area contributed by atoms with Gasteiger partial charge in [0.25, 0.3) is 5.91 Å². The van der Waals surface area contributed by atoms with Crippen LogP contribution in [0.3, 0.4) is 0 Å². The van der Waals surface area contributed by atoms with Gasteiger partial charge in [-0.2, -0.15) is 0 Å². The lowest BCUT2D eigenvalue weighted by Crippen LogP contribution is -2.37. The van der Waals surface area contributed by atoms with Gasteiger partial charge in [0, 0.05) is 22.9 Å². The number of oxazole rings is 1. The smallest absolute Gasteiger partial charge is 0.289 e. The molecule has 6 nitrogen and oxygen atoms in total. The predicted octanol–water partition coefficient (Wildman–Crippen LogP) is 3.51. The van der Waals surface area contributed by atoms with Crippen LogP contribution in [-0.4, -0.2) is 20.9 Å². The summed E-state index contributed by atoms with van der Waals surface area (Å²) in [6.45, 7) is 12.5. The fraction of sp³-hybridized carbons (Fsp3) is 0.579.